The van der Waals surface area contributed by atoms with Crippen LogP contribution in [0.1, 0.15) is 52.8 Å². The fourth-order valence-corrected chi connectivity index (χ4v) is 2.81. The van der Waals surface area contributed by atoms with Crippen LogP contribution in [0.5, 0.6) is 0 Å². The van der Waals surface area contributed by atoms with Gasteiger partial charge < -0.3 is 4.55 Å². The summed E-state index contributed by atoms with van der Waals surface area (Å²) in [7, 11) is 0. The normalized spacial score (nSPS) is 15.3. The summed E-state index contributed by atoms with van der Waals surface area (Å²) in [6.07, 6.45) is 4.76. The standard InChI is InChI=1S/C15H24N4OS/c1-6-7-19-14-10-16-13(8-12(14)9-17-19)11(2)18-21(20)15(3,4)5/h8-11,18H,6-7H2,1-5H3. The molecule has 0 aliphatic carbocycles. The van der Waals surface area contributed by atoms with E-state index in [1.54, 1.807) is 0 Å². The molecule has 0 radical (unpaired) electrons. The number of aryl methyl sites for hydroxylation is 1. The van der Waals surface area contributed by atoms with Gasteiger partial charge in [-0.15, -0.1) is 4.72 Å². The molecule has 0 spiro atoms. The van der Waals surface area contributed by atoms with E-state index in [0.717, 1.165) is 29.6 Å². The molecular formula is C15H24N4OS. The molecule has 2 aromatic heterocycles. The molecule has 0 aliphatic heterocycles. The third kappa shape index (κ3) is 3.75. The molecule has 1 N–H and O–H groups in total. The SMILES string of the molecule is CCCn1ncc2cc(C(C)N[S+]([O-])C(C)(C)C)ncc21. The van der Waals surface area contributed by atoms with Gasteiger partial charge in [-0.25, -0.2) is 0 Å². The van der Waals surface area contributed by atoms with Gasteiger partial charge in [0.15, 0.2) is 0 Å². The zero-order chi connectivity index (χ0) is 15.6. The first-order valence-corrected chi connectivity index (χ1v) is 8.47. The van der Waals surface area contributed by atoms with Crippen molar-refractivity contribution < 1.29 is 4.55 Å². The Morgan fingerprint density at radius 2 is 2.10 bits per heavy atom. The number of hydrogen-bond donors (Lipinski definition) is 1. The molecule has 2 aromatic rings. The van der Waals surface area contributed by atoms with Gasteiger partial charge in [0.25, 0.3) is 0 Å². The van der Waals surface area contributed by atoms with Gasteiger partial charge in [0.2, 0.25) is 0 Å². The molecule has 5 nitrogen and oxygen atoms in total. The smallest absolute Gasteiger partial charge is 0.136 e. The summed E-state index contributed by atoms with van der Waals surface area (Å²) in [5.41, 5.74) is 1.93. The van der Waals surface area contributed by atoms with Crippen LogP contribution < -0.4 is 4.72 Å². The zero-order valence-electron chi connectivity index (χ0n) is 13.4. The van der Waals surface area contributed by atoms with Crippen LogP contribution in [0.3, 0.4) is 0 Å². The molecule has 0 bridgehead atoms. The van der Waals surface area contributed by atoms with E-state index >= 15 is 0 Å². The van der Waals surface area contributed by atoms with E-state index in [1.807, 2.05) is 50.8 Å². The van der Waals surface area contributed by atoms with E-state index in [-0.39, 0.29) is 10.8 Å². The van der Waals surface area contributed by atoms with Crippen molar-refractivity contribution in [3.63, 3.8) is 0 Å². The monoisotopic (exact) mass is 308 g/mol. The number of fused-ring (bicyclic) bond motifs is 1. The summed E-state index contributed by atoms with van der Waals surface area (Å²) >= 11 is -1.11. The second-order valence-electron chi connectivity index (χ2n) is 6.26. The first kappa shape index (κ1) is 16.3. The fraction of sp³-hybridized carbons (Fsp3) is 0.600. The van der Waals surface area contributed by atoms with Crippen LogP contribution >= 0.6 is 0 Å². The van der Waals surface area contributed by atoms with E-state index in [4.69, 9.17) is 0 Å². The molecule has 0 fully saturated rings. The highest BCUT2D eigenvalue weighted by Crippen LogP contribution is 2.21. The number of aromatic nitrogens is 3. The summed E-state index contributed by atoms with van der Waals surface area (Å²) in [4.78, 5) is 4.50. The summed E-state index contributed by atoms with van der Waals surface area (Å²) in [6, 6.07) is 1.95. The number of rotatable bonds is 5. The minimum atomic E-state index is -1.11. The Kier molecular flexibility index (Phi) is 4.91. The van der Waals surface area contributed by atoms with E-state index in [9.17, 15) is 4.55 Å². The lowest BCUT2D eigenvalue weighted by atomic mass is 10.2. The number of hydrogen-bond acceptors (Lipinski definition) is 4. The first-order chi connectivity index (χ1) is 9.82. The van der Waals surface area contributed by atoms with Crippen LogP contribution in [0, 0.1) is 0 Å². The first-order valence-electron chi connectivity index (χ1n) is 7.32. The highest BCUT2D eigenvalue weighted by atomic mass is 32.2. The maximum Gasteiger partial charge on any atom is 0.136 e. The molecule has 2 heterocycles. The topological polar surface area (TPSA) is 65.8 Å². The van der Waals surface area contributed by atoms with Crippen LogP contribution in [0.4, 0.5) is 0 Å². The third-order valence-corrected chi connectivity index (χ3v) is 4.95. The van der Waals surface area contributed by atoms with Crippen molar-refractivity contribution in [1.29, 1.82) is 0 Å². The Bertz CT molecular complexity index is 605. The highest BCUT2D eigenvalue weighted by molar-refractivity contribution is 7.90. The average molecular weight is 308 g/mol. The van der Waals surface area contributed by atoms with Crippen LogP contribution in [0.15, 0.2) is 18.5 Å². The van der Waals surface area contributed by atoms with Gasteiger partial charge in [0.05, 0.1) is 29.6 Å². The molecule has 0 saturated heterocycles. The summed E-state index contributed by atoms with van der Waals surface area (Å²) < 4.78 is 17.0. The minimum absolute atomic E-state index is 0.0658. The number of nitrogens with zero attached hydrogens (tertiary/aromatic N) is 3. The molecule has 2 unspecified atom stereocenters. The van der Waals surface area contributed by atoms with E-state index < -0.39 is 11.4 Å². The Labute approximate surface area is 129 Å². The van der Waals surface area contributed by atoms with Crippen molar-refractivity contribution in [2.75, 3.05) is 0 Å². The van der Waals surface area contributed by atoms with Gasteiger partial charge in [-0.05, 0) is 40.2 Å². The fourth-order valence-electron chi connectivity index (χ4n) is 2.02. The van der Waals surface area contributed by atoms with Crippen molar-refractivity contribution in [2.24, 2.45) is 0 Å². The summed E-state index contributed by atoms with van der Waals surface area (Å²) in [5.74, 6) is 0. The molecule has 116 valence electrons. The van der Waals surface area contributed by atoms with E-state index in [1.165, 1.54) is 0 Å². The number of pyridine rings is 1. The van der Waals surface area contributed by atoms with Crippen molar-refractivity contribution in [2.45, 2.75) is 58.4 Å². The maximum atomic E-state index is 12.2. The molecule has 0 amide bonds. The lowest BCUT2D eigenvalue weighted by Crippen LogP contribution is -2.40. The minimum Gasteiger partial charge on any atom is -0.598 e. The predicted molar refractivity (Wildman–Crippen MR) is 87.3 cm³/mol. The molecule has 6 heteroatoms. The predicted octanol–water partition coefficient (Wildman–Crippen LogP) is 2.95. The van der Waals surface area contributed by atoms with Gasteiger partial charge in [-0.3, -0.25) is 9.67 Å². The highest BCUT2D eigenvalue weighted by Gasteiger charge is 2.28. The molecule has 0 aliphatic rings. The van der Waals surface area contributed by atoms with Crippen molar-refractivity contribution in [3.05, 3.63) is 24.2 Å². The Morgan fingerprint density at radius 3 is 2.71 bits per heavy atom. The van der Waals surface area contributed by atoms with Gasteiger partial charge in [0, 0.05) is 23.3 Å². The molecular weight excluding hydrogens is 284 g/mol. The zero-order valence-corrected chi connectivity index (χ0v) is 14.2. The lowest BCUT2D eigenvalue weighted by Gasteiger charge is -2.26. The Balaban J connectivity index is 2.19. The van der Waals surface area contributed by atoms with Gasteiger partial charge >= 0.3 is 0 Å². The molecule has 0 saturated carbocycles. The van der Waals surface area contributed by atoms with Crippen molar-refractivity contribution in [3.8, 4) is 0 Å². The average Bonchev–Trinajstić information content (AvgIpc) is 2.80. The lowest BCUT2D eigenvalue weighted by molar-refractivity contribution is 0.529. The van der Waals surface area contributed by atoms with Gasteiger partial charge in [-0.2, -0.15) is 5.10 Å². The number of nitrogens with one attached hydrogen (secondary N) is 1. The third-order valence-electron chi connectivity index (χ3n) is 3.27. The quantitative estimate of drug-likeness (QED) is 0.862. The van der Waals surface area contributed by atoms with Crippen LogP contribution in [-0.2, 0) is 17.9 Å². The largest absolute Gasteiger partial charge is 0.598 e. The molecule has 2 rings (SSSR count). The molecule has 2 atom stereocenters. The Hall–Kier alpha value is -1.11. The maximum absolute atomic E-state index is 12.2. The van der Waals surface area contributed by atoms with Crippen LogP contribution in [0.25, 0.3) is 10.9 Å². The van der Waals surface area contributed by atoms with Crippen LogP contribution in [-0.4, -0.2) is 24.1 Å². The Morgan fingerprint density at radius 1 is 1.38 bits per heavy atom. The second-order valence-corrected chi connectivity index (χ2v) is 8.25. The van der Waals surface area contributed by atoms with E-state index in [0.29, 0.717) is 0 Å². The van der Waals surface area contributed by atoms with Crippen LogP contribution in [0.2, 0.25) is 0 Å². The van der Waals surface area contributed by atoms with Gasteiger partial charge in [0.1, 0.15) is 4.75 Å². The molecule has 0 aromatic carbocycles. The molecule has 21 heavy (non-hydrogen) atoms. The summed E-state index contributed by atoms with van der Waals surface area (Å²) in [5, 5.41) is 5.45. The van der Waals surface area contributed by atoms with Gasteiger partial charge in [-0.1, -0.05) is 6.92 Å². The summed E-state index contributed by atoms with van der Waals surface area (Å²) in [6.45, 7) is 10.9. The van der Waals surface area contributed by atoms with E-state index in [2.05, 4.69) is 21.7 Å². The second kappa shape index (κ2) is 6.34. The van der Waals surface area contributed by atoms with Crippen molar-refractivity contribution in [1.82, 2.24) is 19.5 Å². The van der Waals surface area contributed by atoms with Crippen molar-refractivity contribution >= 4 is 22.3 Å².